The molecule has 2 heterocycles. The van der Waals surface area contributed by atoms with Gasteiger partial charge in [0.2, 0.25) is 0 Å². The van der Waals surface area contributed by atoms with E-state index < -0.39 is 0 Å². The number of allylic oxidation sites excluding steroid dienone is 2. The molecule has 1 spiro atoms. The molecule has 2 saturated heterocycles. The summed E-state index contributed by atoms with van der Waals surface area (Å²) < 4.78 is 14.1. The first-order valence-electron chi connectivity index (χ1n) is 11.4. The molecular weight excluding hydrogens is 391 g/mol. The highest BCUT2D eigenvalue weighted by molar-refractivity contribution is 5.96. The molecule has 5 nitrogen and oxygen atoms in total. The SMILES string of the molecule is C=C/C(Cc1ccc(F)cc1C(=O)N(CC)C(C)C)=C(\NC)N1CC2(CCNCC2)C1. The van der Waals surface area contributed by atoms with E-state index in [1.165, 1.54) is 25.0 Å². The molecule has 3 rings (SSSR count). The number of hydrogen-bond acceptors (Lipinski definition) is 4. The van der Waals surface area contributed by atoms with Crippen LogP contribution in [-0.2, 0) is 6.42 Å². The molecule has 170 valence electrons. The van der Waals surface area contributed by atoms with Crippen molar-refractivity contribution < 1.29 is 9.18 Å². The molecule has 0 bridgehead atoms. The molecule has 0 saturated carbocycles. The minimum atomic E-state index is -0.388. The van der Waals surface area contributed by atoms with Crippen molar-refractivity contribution in [2.45, 2.75) is 46.1 Å². The summed E-state index contributed by atoms with van der Waals surface area (Å²) in [6.07, 6.45) is 4.81. The Bertz CT molecular complexity index is 834. The molecule has 6 heteroatoms. The van der Waals surface area contributed by atoms with Gasteiger partial charge in [-0.15, -0.1) is 0 Å². The Labute approximate surface area is 186 Å². The van der Waals surface area contributed by atoms with Gasteiger partial charge in [0.25, 0.3) is 5.91 Å². The number of halogens is 1. The maximum absolute atomic E-state index is 14.1. The molecule has 1 aromatic carbocycles. The molecule has 0 radical (unpaired) electrons. The summed E-state index contributed by atoms with van der Waals surface area (Å²) in [6, 6.07) is 4.59. The van der Waals surface area contributed by atoms with Gasteiger partial charge in [0.1, 0.15) is 11.6 Å². The number of nitrogens with zero attached hydrogens (tertiary/aromatic N) is 2. The number of benzene rings is 1. The van der Waals surface area contributed by atoms with Gasteiger partial charge in [-0.25, -0.2) is 4.39 Å². The number of carbonyl (C=O) groups excluding carboxylic acids is 1. The van der Waals surface area contributed by atoms with Crippen LogP contribution in [0.15, 0.2) is 42.2 Å². The van der Waals surface area contributed by atoms with Crippen molar-refractivity contribution in [1.29, 1.82) is 0 Å². The van der Waals surface area contributed by atoms with Crippen molar-refractivity contribution in [3.8, 4) is 0 Å². The molecule has 1 amide bonds. The molecule has 0 unspecified atom stereocenters. The van der Waals surface area contributed by atoms with Crippen LogP contribution in [0.3, 0.4) is 0 Å². The highest BCUT2D eigenvalue weighted by Crippen LogP contribution is 2.40. The second-order valence-electron chi connectivity index (χ2n) is 9.10. The lowest BCUT2D eigenvalue weighted by Crippen LogP contribution is -2.60. The van der Waals surface area contributed by atoms with Crippen LogP contribution in [0.5, 0.6) is 0 Å². The van der Waals surface area contributed by atoms with E-state index in [2.05, 4.69) is 22.1 Å². The summed E-state index contributed by atoms with van der Waals surface area (Å²) in [4.78, 5) is 17.3. The molecular formula is C25H37FN4O. The lowest BCUT2D eigenvalue weighted by Gasteiger charge is -2.54. The number of hydrogen-bond donors (Lipinski definition) is 2. The van der Waals surface area contributed by atoms with Crippen LogP contribution in [0, 0.1) is 11.2 Å². The summed E-state index contributed by atoms with van der Waals surface area (Å²) in [6.45, 7) is 14.8. The number of nitrogens with one attached hydrogen (secondary N) is 2. The third-order valence-corrected chi connectivity index (χ3v) is 6.73. The number of likely N-dealkylation sites (tertiary alicyclic amines) is 1. The second kappa shape index (κ2) is 9.86. The first-order chi connectivity index (χ1) is 14.8. The minimum Gasteiger partial charge on any atom is -0.375 e. The van der Waals surface area contributed by atoms with E-state index in [0.717, 1.165) is 43.1 Å². The lowest BCUT2D eigenvalue weighted by molar-refractivity contribution is -0.00282. The fourth-order valence-electron chi connectivity index (χ4n) is 4.97. The summed E-state index contributed by atoms with van der Waals surface area (Å²) in [5.41, 5.74) is 2.70. The third kappa shape index (κ3) is 4.95. The lowest BCUT2D eigenvalue weighted by atomic mass is 9.72. The maximum Gasteiger partial charge on any atom is 0.254 e. The summed E-state index contributed by atoms with van der Waals surface area (Å²) >= 11 is 0. The third-order valence-electron chi connectivity index (χ3n) is 6.73. The normalized spacial score (nSPS) is 18.5. The van der Waals surface area contributed by atoms with Crippen molar-refractivity contribution in [3.05, 3.63) is 59.2 Å². The highest BCUT2D eigenvalue weighted by Gasteiger charge is 2.44. The van der Waals surface area contributed by atoms with Gasteiger partial charge in [0, 0.05) is 50.1 Å². The topological polar surface area (TPSA) is 47.6 Å². The van der Waals surface area contributed by atoms with Gasteiger partial charge in [-0.1, -0.05) is 18.7 Å². The van der Waals surface area contributed by atoms with Gasteiger partial charge in [0.05, 0.1) is 0 Å². The fourth-order valence-corrected chi connectivity index (χ4v) is 4.97. The molecule has 0 aromatic heterocycles. The average Bonchev–Trinajstić information content (AvgIpc) is 2.74. The predicted molar refractivity (Wildman–Crippen MR) is 124 cm³/mol. The van der Waals surface area contributed by atoms with Gasteiger partial charge in [-0.05, 0) is 70.0 Å². The van der Waals surface area contributed by atoms with Crippen LogP contribution in [0.4, 0.5) is 4.39 Å². The zero-order chi connectivity index (χ0) is 22.6. The van der Waals surface area contributed by atoms with E-state index in [9.17, 15) is 9.18 Å². The van der Waals surface area contributed by atoms with Crippen molar-refractivity contribution >= 4 is 5.91 Å². The van der Waals surface area contributed by atoms with E-state index in [-0.39, 0.29) is 17.8 Å². The van der Waals surface area contributed by atoms with Gasteiger partial charge < -0.3 is 20.4 Å². The van der Waals surface area contributed by atoms with Gasteiger partial charge >= 0.3 is 0 Å². The number of piperidine rings is 1. The molecule has 1 aromatic rings. The molecule has 0 aliphatic carbocycles. The average molecular weight is 429 g/mol. The quantitative estimate of drug-likeness (QED) is 0.622. The van der Waals surface area contributed by atoms with Crippen molar-refractivity contribution in [2.24, 2.45) is 5.41 Å². The van der Waals surface area contributed by atoms with Crippen LogP contribution in [-0.4, -0.2) is 61.5 Å². The maximum atomic E-state index is 14.1. The van der Waals surface area contributed by atoms with Gasteiger partial charge in [0.15, 0.2) is 0 Å². The van der Waals surface area contributed by atoms with Crippen LogP contribution >= 0.6 is 0 Å². The van der Waals surface area contributed by atoms with Crippen molar-refractivity contribution in [2.75, 3.05) is 39.8 Å². The zero-order valence-electron chi connectivity index (χ0n) is 19.4. The number of rotatable bonds is 8. The first-order valence-corrected chi connectivity index (χ1v) is 11.4. The standard InChI is InChI=1S/C25H37FN4O/c1-6-19(23(27-5)29-16-25(17-29)10-12-28-13-11-25)14-20-8-9-21(26)15-22(20)24(31)30(7-2)18(3)4/h6,8-9,15,18,27-28H,1,7,10-14,16-17H2,2-5H3/b23-19-. The smallest absolute Gasteiger partial charge is 0.254 e. The fraction of sp³-hybridized carbons (Fsp3) is 0.560. The minimum absolute atomic E-state index is 0.0539. The van der Waals surface area contributed by atoms with E-state index in [4.69, 9.17) is 0 Å². The van der Waals surface area contributed by atoms with Gasteiger partial charge in [-0.2, -0.15) is 0 Å². The highest BCUT2D eigenvalue weighted by atomic mass is 19.1. The molecule has 2 aliphatic rings. The largest absolute Gasteiger partial charge is 0.375 e. The Kier molecular flexibility index (Phi) is 7.42. The van der Waals surface area contributed by atoms with Crippen molar-refractivity contribution in [1.82, 2.24) is 20.4 Å². The summed E-state index contributed by atoms with van der Waals surface area (Å²) in [7, 11) is 1.93. The zero-order valence-corrected chi connectivity index (χ0v) is 19.4. The van der Waals surface area contributed by atoms with E-state index in [0.29, 0.717) is 23.9 Å². The molecule has 31 heavy (non-hydrogen) atoms. The summed E-state index contributed by atoms with van der Waals surface area (Å²) in [5.74, 6) is 0.539. The molecule has 2 fully saturated rings. The Morgan fingerprint density at radius 3 is 2.58 bits per heavy atom. The Balaban J connectivity index is 1.87. The Morgan fingerprint density at radius 2 is 2.03 bits per heavy atom. The van der Waals surface area contributed by atoms with Gasteiger partial charge in [-0.3, -0.25) is 4.79 Å². The Hall–Kier alpha value is -2.34. The number of amides is 1. The predicted octanol–water partition coefficient (Wildman–Crippen LogP) is 3.54. The van der Waals surface area contributed by atoms with Crippen molar-refractivity contribution in [3.63, 3.8) is 0 Å². The molecule has 0 atom stereocenters. The van der Waals surface area contributed by atoms with Crippen LogP contribution in [0.1, 0.15) is 49.5 Å². The second-order valence-corrected chi connectivity index (χ2v) is 9.10. The van der Waals surface area contributed by atoms with Crippen LogP contribution < -0.4 is 10.6 Å². The van der Waals surface area contributed by atoms with E-state index in [1.54, 1.807) is 11.0 Å². The number of carbonyl (C=O) groups is 1. The molecule has 2 aliphatic heterocycles. The van der Waals surface area contributed by atoms with Crippen LogP contribution in [0.25, 0.3) is 0 Å². The summed E-state index contributed by atoms with van der Waals surface area (Å²) in [5, 5.41) is 6.81. The Morgan fingerprint density at radius 1 is 1.35 bits per heavy atom. The first kappa shape index (κ1) is 23.3. The monoisotopic (exact) mass is 428 g/mol. The van der Waals surface area contributed by atoms with E-state index in [1.807, 2.05) is 33.9 Å². The van der Waals surface area contributed by atoms with Crippen LogP contribution in [0.2, 0.25) is 0 Å². The molecule has 2 N–H and O–H groups in total. The van der Waals surface area contributed by atoms with E-state index >= 15 is 0 Å².